The molecule has 0 unspecified atom stereocenters. The van der Waals surface area contributed by atoms with Crippen molar-refractivity contribution in [2.75, 3.05) is 47.3 Å². The molecule has 2 aromatic carbocycles. The van der Waals surface area contributed by atoms with Crippen LogP contribution in [0.1, 0.15) is 27.0 Å². The standard InChI is InChI=1S/C30H35N5O/c1-20-14-24(15-21(2)28(20)19-35-12-10-34(5)11-13-35)25-16-26-27(18-32-29(26)31-17-25)22-6-8-23(9-7-22)30(36)33(3)4/h6-9,14-18H,10-13,19H2,1-5H3,(H,31,32). The highest BCUT2D eigenvalue weighted by atomic mass is 16.2. The van der Waals surface area contributed by atoms with Gasteiger partial charge in [0.2, 0.25) is 0 Å². The first-order valence-electron chi connectivity index (χ1n) is 12.6. The van der Waals surface area contributed by atoms with Crippen LogP contribution in [0.5, 0.6) is 0 Å². The first-order valence-corrected chi connectivity index (χ1v) is 12.6. The number of fused-ring (bicyclic) bond motifs is 1. The summed E-state index contributed by atoms with van der Waals surface area (Å²) in [5, 5.41) is 1.08. The Hall–Kier alpha value is -3.48. The number of nitrogens with one attached hydrogen (secondary N) is 1. The monoisotopic (exact) mass is 481 g/mol. The molecule has 1 fully saturated rings. The van der Waals surface area contributed by atoms with E-state index in [4.69, 9.17) is 4.98 Å². The quantitative estimate of drug-likeness (QED) is 0.438. The van der Waals surface area contributed by atoms with E-state index in [1.165, 1.54) is 22.3 Å². The van der Waals surface area contributed by atoms with Gasteiger partial charge < -0.3 is 14.8 Å². The molecule has 186 valence electrons. The molecular formula is C30H35N5O. The Morgan fingerprint density at radius 2 is 1.61 bits per heavy atom. The summed E-state index contributed by atoms with van der Waals surface area (Å²) in [5.41, 5.74) is 10.1. The van der Waals surface area contributed by atoms with Crippen LogP contribution in [-0.4, -0.2) is 77.9 Å². The zero-order valence-corrected chi connectivity index (χ0v) is 21.9. The molecule has 4 aromatic rings. The minimum atomic E-state index is 0.00578. The highest BCUT2D eigenvalue weighted by molar-refractivity contribution is 5.98. The van der Waals surface area contributed by atoms with Crippen LogP contribution in [0.4, 0.5) is 0 Å². The van der Waals surface area contributed by atoms with Gasteiger partial charge in [0.15, 0.2) is 0 Å². The lowest BCUT2D eigenvalue weighted by atomic mass is 9.95. The van der Waals surface area contributed by atoms with Crippen LogP contribution in [0.2, 0.25) is 0 Å². The number of aryl methyl sites for hydroxylation is 2. The Morgan fingerprint density at radius 3 is 2.25 bits per heavy atom. The zero-order valence-electron chi connectivity index (χ0n) is 21.9. The Balaban J connectivity index is 1.44. The normalized spacial score (nSPS) is 14.9. The first kappa shape index (κ1) is 24.2. The second-order valence-electron chi connectivity index (χ2n) is 10.3. The molecule has 0 spiro atoms. The van der Waals surface area contributed by atoms with E-state index in [0.29, 0.717) is 5.56 Å². The second kappa shape index (κ2) is 9.88. The molecule has 0 aliphatic carbocycles. The second-order valence-corrected chi connectivity index (χ2v) is 10.3. The minimum absolute atomic E-state index is 0.00578. The van der Waals surface area contributed by atoms with Gasteiger partial charge >= 0.3 is 0 Å². The fourth-order valence-corrected chi connectivity index (χ4v) is 5.09. The minimum Gasteiger partial charge on any atom is -0.346 e. The van der Waals surface area contributed by atoms with Gasteiger partial charge in [0, 0.05) is 81.3 Å². The number of pyridine rings is 1. The highest BCUT2D eigenvalue weighted by Crippen LogP contribution is 2.33. The number of rotatable bonds is 5. The number of piperazine rings is 1. The number of benzene rings is 2. The van der Waals surface area contributed by atoms with Crippen molar-refractivity contribution >= 4 is 16.9 Å². The highest BCUT2D eigenvalue weighted by Gasteiger charge is 2.17. The van der Waals surface area contributed by atoms with Crippen LogP contribution in [-0.2, 0) is 6.54 Å². The Morgan fingerprint density at radius 1 is 0.944 bits per heavy atom. The molecule has 1 N–H and O–H groups in total. The van der Waals surface area contributed by atoms with E-state index in [2.05, 4.69) is 53.9 Å². The predicted molar refractivity (Wildman–Crippen MR) is 147 cm³/mol. The maximum absolute atomic E-state index is 12.3. The smallest absolute Gasteiger partial charge is 0.253 e. The number of H-pyrrole nitrogens is 1. The molecule has 0 bridgehead atoms. The van der Waals surface area contributed by atoms with Gasteiger partial charge in [0.05, 0.1) is 0 Å². The molecule has 36 heavy (non-hydrogen) atoms. The summed E-state index contributed by atoms with van der Waals surface area (Å²) in [7, 11) is 5.74. The largest absolute Gasteiger partial charge is 0.346 e. The summed E-state index contributed by atoms with van der Waals surface area (Å²) in [6.07, 6.45) is 3.95. The van der Waals surface area contributed by atoms with Crippen molar-refractivity contribution < 1.29 is 4.79 Å². The Bertz CT molecular complexity index is 1370. The number of aromatic nitrogens is 2. The molecule has 6 nitrogen and oxygen atoms in total. The summed E-state index contributed by atoms with van der Waals surface area (Å²) < 4.78 is 0. The number of nitrogens with zero attached hydrogens (tertiary/aromatic N) is 4. The molecule has 1 aliphatic rings. The summed E-state index contributed by atoms with van der Waals surface area (Å²) in [4.78, 5) is 26.9. The van der Waals surface area contributed by atoms with Gasteiger partial charge in [0.1, 0.15) is 5.65 Å². The topological polar surface area (TPSA) is 55.5 Å². The number of hydrogen-bond donors (Lipinski definition) is 1. The number of carbonyl (C=O) groups is 1. The SMILES string of the molecule is Cc1cc(-c2cnc3[nH]cc(-c4ccc(C(=O)N(C)C)cc4)c3c2)cc(C)c1CN1CCN(C)CC1. The maximum atomic E-state index is 12.3. The molecule has 2 aromatic heterocycles. The fourth-order valence-electron chi connectivity index (χ4n) is 5.09. The van der Waals surface area contributed by atoms with Crippen LogP contribution in [0, 0.1) is 13.8 Å². The van der Waals surface area contributed by atoms with Crippen LogP contribution < -0.4 is 0 Å². The van der Waals surface area contributed by atoms with Crippen molar-refractivity contribution in [2.24, 2.45) is 0 Å². The van der Waals surface area contributed by atoms with Gasteiger partial charge in [-0.25, -0.2) is 4.98 Å². The average molecular weight is 482 g/mol. The third-order valence-corrected chi connectivity index (χ3v) is 7.39. The average Bonchev–Trinajstić information content (AvgIpc) is 3.30. The Labute approximate surface area is 213 Å². The van der Waals surface area contributed by atoms with Gasteiger partial charge in [0.25, 0.3) is 5.91 Å². The fraction of sp³-hybridized carbons (Fsp3) is 0.333. The maximum Gasteiger partial charge on any atom is 0.253 e. The van der Waals surface area contributed by atoms with Crippen LogP contribution in [0.25, 0.3) is 33.3 Å². The zero-order chi connectivity index (χ0) is 25.4. The molecule has 0 saturated carbocycles. The van der Waals surface area contributed by atoms with E-state index >= 15 is 0 Å². The summed E-state index contributed by atoms with van der Waals surface area (Å²) in [5.74, 6) is 0.00578. The lowest BCUT2D eigenvalue weighted by molar-refractivity contribution is 0.0827. The van der Waals surface area contributed by atoms with Crippen molar-refractivity contribution in [3.8, 4) is 22.3 Å². The van der Waals surface area contributed by atoms with Crippen LogP contribution >= 0.6 is 0 Å². The van der Waals surface area contributed by atoms with Crippen molar-refractivity contribution in [3.63, 3.8) is 0 Å². The summed E-state index contributed by atoms with van der Waals surface area (Å²) in [6.45, 7) is 9.98. The molecule has 6 heteroatoms. The molecule has 1 amide bonds. The van der Waals surface area contributed by atoms with Gasteiger partial charge in [-0.15, -0.1) is 0 Å². The third kappa shape index (κ3) is 4.79. The molecule has 0 radical (unpaired) electrons. The van der Waals surface area contributed by atoms with Gasteiger partial charge in [-0.1, -0.05) is 24.3 Å². The molecule has 1 aliphatic heterocycles. The van der Waals surface area contributed by atoms with Crippen LogP contribution in [0.15, 0.2) is 54.9 Å². The van der Waals surface area contributed by atoms with Gasteiger partial charge in [-0.2, -0.15) is 0 Å². The number of carbonyl (C=O) groups excluding carboxylic acids is 1. The van der Waals surface area contributed by atoms with Gasteiger partial charge in [-0.3, -0.25) is 9.69 Å². The van der Waals surface area contributed by atoms with Crippen molar-refractivity contribution in [1.29, 1.82) is 0 Å². The lowest BCUT2D eigenvalue weighted by Crippen LogP contribution is -2.44. The van der Waals surface area contributed by atoms with E-state index in [1.54, 1.807) is 19.0 Å². The molecule has 3 heterocycles. The van der Waals surface area contributed by atoms with Gasteiger partial charge in [-0.05, 0) is 66.9 Å². The van der Waals surface area contributed by atoms with Crippen LogP contribution in [0.3, 0.4) is 0 Å². The summed E-state index contributed by atoms with van der Waals surface area (Å²) in [6, 6.07) is 14.6. The lowest BCUT2D eigenvalue weighted by Gasteiger charge is -2.33. The van der Waals surface area contributed by atoms with Crippen molar-refractivity contribution in [2.45, 2.75) is 20.4 Å². The first-order chi connectivity index (χ1) is 17.3. The predicted octanol–water partition coefficient (Wildman–Crippen LogP) is 4.96. The van der Waals surface area contributed by atoms with E-state index in [-0.39, 0.29) is 5.91 Å². The van der Waals surface area contributed by atoms with E-state index in [9.17, 15) is 4.79 Å². The van der Waals surface area contributed by atoms with E-state index in [0.717, 1.165) is 60.4 Å². The Kier molecular flexibility index (Phi) is 6.65. The number of aromatic amines is 1. The number of hydrogen-bond acceptors (Lipinski definition) is 4. The molecule has 0 atom stereocenters. The van der Waals surface area contributed by atoms with Crippen molar-refractivity contribution in [3.05, 3.63) is 77.1 Å². The third-order valence-electron chi connectivity index (χ3n) is 7.39. The molecule has 1 saturated heterocycles. The number of likely N-dealkylation sites (N-methyl/N-ethyl adjacent to an activating group) is 1. The molecular weight excluding hydrogens is 446 g/mol. The number of amides is 1. The van der Waals surface area contributed by atoms with Crippen molar-refractivity contribution in [1.82, 2.24) is 24.7 Å². The molecule has 5 rings (SSSR count). The van der Waals surface area contributed by atoms with E-state index < -0.39 is 0 Å². The summed E-state index contributed by atoms with van der Waals surface area (Å²) >= 11 is 0. The van der Waals surface area contributed by atoms with E-state index in [1.807, 2.05) is 36.7 Å².